The van der Waals surface area contributed by atoms with Gasteiger partial charge in [0.2, 0.25) is 0 Å². The summed E-state index contributed by atoms with van der Waals surface area (Å²) in [5, 5.41) is 3.42. The topological polar surface area (TPSA) is 44.5 Å². The van der Waals surface area contributed by atoms with Crippen LogP contribution in [0.3, 0.4) is 0 Å². The van der Waals surface area contributed by atoms with Crippen molar-refractivity contribution in [1.29, 1.82) is 0 Å². The van der Waals surface area contributed by atoms with Crippen LogP contribution in [0.25, 0.3) is 0 Å². The van der Waals surface area contributed by atoms with Crippen LogP contribution in [-0.4, -0.2) is 49.1 Å². The minimum Gasteiger partial charge on any atom is -0.397 e. The molecule has 0 spiro atoms. The summed E-state index contributed by atoms with van der Waals surface area (Å²) < 4.78 is 13.5. The molecule has 4 rings (SSSR count). The van der Waals surface area contributed by atoms with Crippen LogP contribution in [0, 0.1) is 19.7 Å². The van der Waals surface area contributed by atoms with Crippen LogP contribution in [0.1, 0.15) is 54.9 Å². The van der Waals surface area contributed by atoms with Crippen molar-refractivity contribution >= 4 is 11.4 Å². The number of nitrogen functional groups attached to an aromatic ring is 1. The third-order valence-corrected chi connectivity index (χ3v) is 7.21. The Kier molecular flexibility index (Phi) is 11.4. The van der Waals surface area contributed by atoms with E-state index in [1.807, 2.05) is 38.1 Å². The number of hydrogen-bond acceptors (Lipinski definition) is 4. The lowest BCUT2D eigenvalue weighted by Gasteiger charge is -2.35. The smallest absolute Gasteiger partial charge is 0.123 e. The Morgan fingerprint density at radius 2 is 1.47 bits per heavy atom. The van der Waals surface area contributed by atoms with E-state index in [9.17, 15) is 4.39 Å². The Balaban J connectivity index is 0.00000195. The Morgan fingerprint density at radius 1 is 0.895 bits per heavy atom. The molecule has 0 aromatic heterocycles. The van der Waals surface area contributed by atoms with Gasteiger partial charge in [-0.15, -0.1) is 0 Å². The van der Waals surface area contributed by atoms with E-state index < -0.39 is 0 Å². The Bertz CT molecular complexity index is 1070. The minimum absolute atomic E-state index is 0.181. The van der Waals surface area contributed by atoms with Gasteiger partial charge >= 0.3 is 0 Å². The molecule has 3 aromatic rings. The Hall–Kier alpha value is -3.15. The zero-order chi connectivity index (χ0) is 27.5. The number of halogens is 1. The van der Waals surface area contributed by atoms with E-state index in [-0.39, 0.29) is 11.7 Å². The van der Waals surface area contributed by atoms with Crippen molar-refractivity contribution in [3.8, 4) is 0 Å². The molecule has 3 aromatic carbocycles. The number of benzene rings is 3. The van der Waals surface area contributed by atoms with E-state index in [0.29, 0.717) is 0 Å². The molecular weight excluding hydrogens is 471 g/mol. The van der Waals surface area contributed by atoms with E-state index in [2.05, 4.69) is 65.9 Å². The third-order valence-electron chi connectivity index (χ3n) is 7.21. The average molecular weight is 517 g/mol. The maximum atomic E-state index is 13.5. The molecule has 38 heavy (non-hydrogen) atoms. The highest BCUT2D eigenvalue weighted by molar-refractivity contribution is 5.71. The highest BCUT2D eigenvalue weighted by Gasteiger charge is 2.19. The van der Waals surface area contributed by atoms with Gasteiger partial charge in [-0.05, 0) is 68.1 Å². The molecule has 3 N–H and O–H groups in total. The van der Waals surface area contributed by atoms with Gasteiger partial charge in [-0.25, -0.2) is 4.39 Å². The van der Waals surface area contributed by atoms with Crippen molar-refractivity contribution in [2.45, 2.75) is 46.5 Å². The zero-order valence-corrected chi connectivity index (χ0v) is 23.6. The maximum absolute atomic E-state index is 13.5. The zero-order valence-electron chi connectivity index (χ0n) is 23.6. The number of nitrogens with two attached hydrogens (primary N) is 1. The molecule has 1 aliphatic heterocycles. The largest absolute Gasteiger partial charge is 0.397 e. The number of nitrogens with zero attached hydrogens (tertiary/aromatic N) is 2. The molecule has 0 amide bonds. The second-order valence-electron chi connectivity index (χ2n) is 10.0. The van der Waals surface area contributed by atoms with Crippen molar-refractivity contribution in [2.75, 3.05) is 50.3 Å². The lowest BCUT2D eigenvalue weighted by atomic mass is 9.87. The monoisotopic (exact) mass is 516 g/mol. The van der Waals surface area contributed by atoms with E-state index in [0.717, 1.165) is 74.7 Å². The lowest BCUT2D eigenvalue weighted by Crippen LogP contribution is -2.47. The molecule has 0 aliphatic carbocycles. The molecule has 4 nitrogen and oxygen atoms in total. The predicted octanol–water partition coefficient (Wildman–Crippen LogP) is 7.21. The highest BCUT2D eigenvalue weighted by Crippen LogP contribution is 2.30. The lowest BCUT2D eigenvalue weighted by molar-refractivity contribution is 0.138. The molecule has 1 heterocycles. The van der Waals surface area contributed by atoms with E-state index in [1.54, 1.807) is 12.1 Å². The molecule has 204 valence electrons. The normalized spacial score (nSPS) is 14.9. The molecular formula is C33H45FN4. The average Bonchev–Trinajstić information content (AvgIpc) is 2.92. The fraction of sp³-hybridized carbons (Fsp3) is 0.394. The number of para-hydroxylation sites is 1. The first kappa shape index (κ1) is 29.4. The number of piperazine rings is 1. The first-order valence-corrected chi connectivity index (χ1v) is 14.0. The van der Waals surface area contributed by atoms with Crippen molar-refractivity contribution in [1.82, 2.24) is 9.80 Å². The summed E-state index contributed by atoms with van der Waals surface area (Å²) in [6.07, 6.45) is 2.16. The molecule has 0 bridgehead atoms. The van der Waals surface area contributed by atoms with E-state index in [1.165, 1.54) is 16.7 Å². The summed E-state index contributed by atoms with van der Waals surface area (Å²) in [7, 11) is 0. The summed E-state index contributed by atoms with van der Waals surface area (Å²) in [5.74, 6) is 0.107. The second-order valence-corrected chi connectivity index (χ2v) is 10.0. The molecule has 1 saturated heterocycles. The van der Waals surface area contributed by atoms with E-state index in [4.69, 9.17) is 5.73 Å². The van der Waals surface area contributed by atoms with Crippen LogP contribution in [0.15, 0.2) is 79.0 Å². The molecule has 1 unspecified atom stereocenters. The van der Waals surface area contributed by atoms with Crippen LogP contribution >= 0.6 is 0 Å². The minimum atomic E-state index is -0.181. The van der Waals surface area contributed by atoms with Crippen molar-refractivity contribution in [2.24, 2.45) is 0 Å². The second kappa shape index (κ2) is 14.7. The molecule has 0 radical (unpaired) electrons. The number of nitrogens with one attached hydrogen (secondary N) is 1. The van der Waals surface area contributed by atoms with Crippen LogP contribution < -0.4 is 11.1 Å². The summed E-state index contributed by atoms with van der Waals surface area (Å²) >= 11 is 0. The third kappa shape index (κ3) is 8.44. The van der Waals surface area contributed by atoms with Gasteiger partial charge in [0.1, 0.15) is 5.82 Å². The van der Waals surface area contributed by atoms with Crippen LogP contribution in [-0.2, 0) is 0 Å². The SMILES string of the molecule is C=C(CN1CCN(CCCC(c2ccc(C)cc2)c2ccc(F)cc2)CC1)Nc1c(C)cccc1N.CC. The summed E-state index contributed by atoms with van der Waals surface area (Å²) in [6.45, 7) is 18.5. The first-order chi connectivity index (χ1) is 18.4. The summed E-state index contributed by atoms with van der Waals surface area (Å²) in [5.41, 5.74) is 13.7. The predicted molar refractivity (Wildman–Crippen MR) is 161 cm³/mol. The Morgan fingerprint density at radius 3 is 2.08 bits per heavy atom. The quantitative estimate of drug-likeness (QED) is 0.280. The van der Waals surface area contributed by atoms with Gasteiger partial charge in [0.05, 0.1) is 11.4 Å². The van der Waals surface area contributed by atoms with Gasteiger partial charge in [-0.3, -0.25) is 4.90 Å². The van der Waals surface area contributed by atoms with Gasteiger partial charge < -0.3 is 16.0 Å². The number of rotatable bonds is 10. The molecule has 1 fully saturated rings. The summed E-state index contributed by atoms with van der Waals surface area (Å²) in [6, 6.07) is 21.7. The van der Waals surface area contributed by atoms with Gasteiger partial charge in [0, 0.05) is 44.3 Å². The van der Waals surface area contributed by atoms with Crippen molar-refractivity contribution in [3.63, 3.8) is 0 Å². The van der Waals surface area contributed by atoms with E-state index >= 15 is 0 Å². The number of aryl methyl sites for hydroxylation is 2. The van der Waals surface area contributed by atoms with Gasteiger partial charge in [-0.1, -0.05) is 74.5 Å². The van der Waals surface area contributed by atoms with Crippen LogP contribution in [0.4, 0.5) is 15.8 Å². The highest BCUT2D eigenvalue weighted by atomic mass is 19.1. The maximum Gasteiger partial charge on any atom is 0.123 e. The summed E-state index contributed by atoms with van der Waals surface area (Å²) in [4.78, 5) is 5.01. The molecule has 1 aliphatic rings. The fourth-order valence-electron chi connectivity index (χ4n) is 5.06. The number of anilines is 2. The van der Waals surface area contributed by atoms with Gasteiger partial charge in [-0.2, -0.15) is 0 Å². The van der Waals surface area contributed by atoms with Gasteiger partial charge in [0.25, 0.3) is 0 Å². The standard InChI is InChI=1S/C31H39FN4.C2H6/c1-23-9-11-26(12-10-23)29(27-13-15-28(32)16-14-27)7-5-17-35-18-20-36(21-19-35)22-25(3)34-31-24(2)6-4-8-30(31)33;1-2/h4,6,8-16,29,34H,3,5,7,17-22,33H2,1-2H3;1-2H3. The number of hydrogen-bond donors (Lipinski definition) is 2. The fourth-order valence-corrected chi connectivity index (χ4v) is 5.06. The van der Waals surface area contributed by atoms with Crippen LogP contribution in [0.5, 0.6) is 0 Å². The van der Waals surface area contributed by atoms with Crippen molar-refractivity contribution < 1.29 is 4.39 Å². The van der Waals surface area contributed by atoms with Crippen molar-refractivity contribution in [3.05, 3.63) is 107 Å². The van der Waals surface area contributed by atoms with Gasteiger partial charge in [0.15, 0.2) is 0 Å². The van der Waals surface area contributed by atoms with Crippen LogP contribution in [0.2, 0.25) is 0 Å². The molecule has 5 heteroatoms. The first-order valence-electron chi connectivity index (χ1n) is 14.0. The molecule has 1 atom stereocenters. The Labute approximate surface area is 229 Å². The molecule has 0 saturated carbocycles.